The fraction of sp³-hybridized carbons (Fsp3) is 0.462. The van der Waals surface area contributed by atoms with Crippen molar-refractivity contribution in [2.75, 3.05) is 13.2 Å². The first-order valence-electron chi connectivity index (χ1n) is 5.69. The highest BCUT2D eigenvalue weighted by Gasteiger charge is 2.17. The third kappa shape index (κ3) is 2.82. The van der Waals surface area contributed by atoms with Crippen LogP contribution in [0.15, 0.2) is 30.3 Å². The van der Waals surface area contributed by atoms with Crippen LogP contribution in [-0.2, 0) is 4.74 Å². The van der Waals surface area contributed by atoms with Crippen LogP contribution < -0.4 is 5.32 Å². The topological polar surface area (TPSA) is 45.0 Å². The van der Waals surface area contributed by atoms with Gasteiger partial charge in [0, 0.05) is 13.2 Å². The maximum atomic E-state index is 9.10. The summed E-state index contributed by atoms with van der Waals surface area (Å²) in [4.78, 5) is 0. The van der Waals surface area contributed by atoms with Gasteiger partial charge in [0.15, 0.2) is 0 Å². The Kier molecular flexibility index (Phi) is 3.92. The second-order valence-electron chi connectivity index (χ2n) is 4.02. The molecule has 2 rings (SSSR count). The third-order valence-electron chi connectivity index (χ3n) is 2.84. The molecule has 0 aromatic heterocycles. The Labute approximate surface area is 96.0 Å². The van der Waals surface area contributed by atoms with E-state index in [1.54, 1.807) is 0 Å². The van der Waals surface area contributed by atoms with Gasteiger partial charge in [0.05, 0.1) is 12.2 Å². The predicted molar refractivity (Wildman–Crippen MR) is 61.8 cm³/mol. The van der Waals surface area contributed by atoms with E-state index in [1.165, 1.54) is 0 Å². The lowest BCUT2D eigenvalue weighted by Gasteiger charge is -2.15. The van der Waals surface area contributed by atoms with E-state index in [0.717, 1.165) is 31.6 Å². The quantitative estimate of drug-likeness (QED) is 0.837. The molecule has 2 atom stereocenters. The summed E-state index contributed by atoms with van der Waals surface area (Å²) in [6.07, 6.45) is 2.51. The summed E-state index contributed by atoms with van der Waals surface area (Å²) < 4.78 is 5.51. The Bertz CT molecular complexity index is 352. The van der Waals surface area contributed by atoms with Crippen molar-refractivity contribution < 1.29 is 4.74 Å². The first kappa shape index (κ1) is 11.1. The van der Waals surface area contributed by atoms with E-state index in [0.29, 0.717) is 0 Å². The van der Waals surface area contributed by atoms with Crippen LogP contribution in [0.25, 0.3) is 0 Å². The van der Waals surface area contributed by atoms with Crippen molar-refractivity contribution in [1.29, 1.82) is 5.26 Å². The van der Waals surface area contributed by atoms with Crippen molar-refractivity contribution in [2.24, 2.45) is 0 Å². The molecule has 84 valence electrons. The van der Waals surface area contributed by atoms with Gasteiger partial charge in [0.2, 0.25) is 0 Å². The van der Waals surface area contributed by atoms with Crippen LogP contribution in [0, 0.1) is 11.3 Å². The SMILES string of the molecule is N#CC(NCC1CCCO1)c1ccccc1. The Hall–Kier alpha value is -1.37. The Morgan fingerprint density at radius 1 is 1.44 bits per heavy atom. The molecule has 0 spiro atoms. The number of hydrogen-bond donors (Lipinski definition) is 1. The van der Waals surface area contributed by atoms with Gasteiger partial charge in [0.25, 0.3) is 0 Å². The largest absolute Gasteiger partial charge is 0.377 e. The Morgan fingerprint density at radius 3 is 2.88 bits per heavy atom. The highest BCUT2D eigenvalue weighted by molar-refractivity contribution is 5.23. The molecule has 0 amide bonds. The van der Waals surface area contributed by atoms with Crippen molar-refractivity contribution in [3.8, 4) is 6.07 Å². The van der Waals surface area contributed by atoms with E-state index in [2.05, 4.69) is 11.4 Å². The minimum Gasteiger partial charge on any atom is -0.377 e. The predicted octanol–water partition coefficient (Wildman–Crippen LogP) is 2.02. The number of rotatable bonds is 4. The van der Waals surface area contributed by atoms with E-state index >= 15 is 0 Å². The van der Waals surface area contributed by atoms with Crippen LogP contribution in [0.5, 0.6) is 0 Å². The maximum absolute atomic E-state index is 9.10. The average molecular weight is 216 g/mol. The van der Waals surface area contributed by atoms with Gasteiger partial charge in [-0.05, 0) is 18.4 Å². The van der Waals surface area contributed by atoms with Gasteiger partial charge in [-0.1, -0.05) is 30.3 Å². The standard InChI is InChI=1S/C13H16N2O/c14-9-13(11-5-2-1-3-6-11)15-10-12-7-4-8-16-12/h1-3,5-6,12-13,15H,4,7-8,10H2. The minimum atomic E-state index is -0.231. The first-order valence-corrected chi connectivity index (χ1v) is 5.69. The minimum absolute atomic E-state index is 0.231. The molecule has 1 N–H and O–H groups in total. The van der Waals surface area contributed by atoms with Crippen molar-refractivity contribution in [2.45, 2.75) is 25.0 Å². The van der Waals surface area contributed by atoms with E-state index in [-0.39, 0.29) is 12.1 Å². The van der Waals surface area contributed by atoms with Gasteiger partial charge < -0.3 is 4.74 Å². The summed E-state index contributed by atoms with van der Waals surface area (Å²) in [5.74, 6) is 0. The summed E-state index contributed by atoms with van der Waals surface area (Å²) in [5, 5.41) is 12.3. The number of ether oxygens (including phenoxy) is 1. The van der Waals surface area contributed by atoms with E-state index < -0.39 is 0 Å². The van der Waals surface area contributed by atoms with Gasteiger partial charge in [0.1, 0.15) is 6.04 Å². The molecule has 2 unspecified atom stereocenters. The molecule has 1 fully saturated rings. The van der Waals surface area contributed by atoms with Gasteiger partial charge in [-0.25, -0.2) is 0 Å². The summed E-state index contributed by atoms with van der Waals surface area (Å²) in [7, 11) is 0. The molecule has 1 heterocycles. The highest BCUT2D eigenvalue weighted by atomic mass is 16.5. The summed E-state index contributed by atoms with van der Waals surface area (Å²) in [5.41, 5.74) is 1.02. The third-order valence-corrected chi connectivity index (χ3v) is 2.84. The van der Waals surface area contributed by atoms with Crippen LogP contribution in [0.2, 0.25) is 0 Å². The van der Waals surface area contributed by atoms with Crippen LogP contribution in [0.3, 0.4) is 0 Å². The van der Waals surface area contributed by atoms with E-state index in [4.69, 9.17) is 10.00 Å². The second kappa shape index (κ2) is 5.64. The molecule has 16 heavy (non-hydrogen) atoms. The zero-order valence-electron chi connectivity index (χ0n) is 9.23. The molecule has 1 aliphatic heterocycles. The molecule has 0 aliphatic carbocycles. The number of nitrogens with one attached hydrogen (secondary N) is 1. The molecule has 0 radical (unpaired) electrons. The summed E-state index contributed by atoms with van der Waals surface area (Å²) in [6, 6.07) is 11.8. The highest BCUT2D eigenvalue weighted by Crippen LogP contribution is 2.14. The molecular weight excluding hydrogens is 200 g/mol. The zero-order valence-corrected chi connectivity index (χ0v) is 9.23. The smallest absolute Gasteiger partial charge is 0.121 e. The van der Waals surface area contributed by atoms with Gasteiger partial charge in [-0.3, -0.25) is 5.32 Å². The van der Waals surface area contributed by atoms with Crippen molar-refractivity contribution in [3.63, 3.8) is 0 Å². The molecule has 1 aromatic carbocycles. The molecule has 3 nitrogen and oxygen atoms in total. The average Bonchev–Trinajstić information content (AvgIpc) is 2.84. The van der Waals surface area contributed by atoms with Gasteiger partial charge in [-0.15, -0.1) is 0 Å². The number of hydrogen-bond acceptors (Lipinski definition) is 3. The number of nitriles is 1. The van der Waals surface area contributed by atoms with Crippen molar-refractivity contribution >= 4 is 0 Å². The molecule has 3 heteroatoms. The number of nitrogens with zero attached hydrogens (tertiary/aromatic N) is 1. The fourth-order valence-corrected chi connectivity index (χ4v) is 1.94. The summed E-state index contributed by atoms with van der Waals surface area (Å²) >= 11 is 0. The summed E-state index contributed by atoms with van der Waals surface area (Å²) in [6.45, 7) is 1.61. The lowest BCUT2D eigenvalue weighted by Crippen LogP contribution is -2.29. The second-order valence-corrected chi connectivity index (χ2v) is 4.02. The molecule has 0 bridgehead atoms. The first-order chi connectivity index (χ1) is 7.90. The number of benzene rings is 1. The van der Waals surface area contributed by atoms with E-state index in [1.807, 2.05) is 30.3 Å². The zero-order chi connectivity index (χ0) is 11.2. The maximum Gasteiger partial charge on any atom is 0.121 e. The van der Waals surface area contributed by atoms with Crippen molar-refractivity contribution in [1.82, 2.24) is 5.32 Å². The lowest BCUT2D eigenvalue weighted by atomic mass is 10.1. The molecule has 1 saturated heterocycles. The van der Waals surface area contributed by atoms with Crippen molar-refractivity contribution in [3.05, 3.63) is 35.9 Å². The van der Waals surface area contributed by atoms with Crippen LogP contribution in [0.4, 0.5) is 0 Å². The molecular formula is C13H16N2O. The van der Waals surface area contributed by atoms with Crippen LogP contribution >= 0.6 is 0 Å². The van der Waals surface area contributed by atoms with Gasteiger partial charge in [-0.2, -0.15) is 5.26 Å². The molecule has 1 aromatic rings. The lowest BCUT2D eigenvalue weighted by molar-refractivity contribution is 0.109. The monoisotopic (exact) mass is 216 g/mol. The normalized spacial score (nSPS) is 21.6. The Morgan fingerprint density at radius 2 is 2.25 bits per heavy atom. The fourth-order valence-electron chi connectivity index (χ4n) is 1.94. The Balaban J connectivity index is 1.89. The van der Waals surface area contributed by atoms with Gasteiger partial charge >= 0.3 is 0 Å². The van der Waals surface area contributed by atoms with Crippen LogP contribution in [0.1, 0.15) is 24.4 Å². The van der Waals surface area contributed by atoms with Crippen LogP contribution in [-0.4, -0.2) is 19.3 Å². The molecule has 0 saturated carbocycles. The van der Waals surface area contributed by atoms with E-state index in [9.17, 15) is 0 Å². The molecule has 1 aliphatic rings.